The molecule has 0 spiro atoms. The van der Waals surface area contributed by atoms with Gasteiger partial charge in [-0.2, -0.15) is 5.10 Å². The van der Waals surface area contributed by atoms with E-state index in [1.807, 2.05) is 42.5 Å². The number of benzene rings is 2. The van der Waals surface area contributed by atoms with Crippen LogP contribution in [0.2, 0.25) is 0 Å². The fourth-order valence-electron chi connectivity index (χ4n) is 2.23. The molecule has 1 aromatic heterocycles. The molecule has 22 heavy (non-hydrogen) atoms. The first kappa shape index (κ1) is 14.0. The van der Waals surface area contributed by atoms with E-state index >= 15 is 0 Å². The summed E-state index contributed by atoms with van der Waals surface area (Å²) in [5, 5.41) is 9.98. The maximum Gasteiger partial charge on any atom is 0.221 e. The Morgan fingerprint density at radius 1 is 1.14 bits per heavy atom. The van der Waals surface area contributed by atoms with Crippen LogP contribution in [-0.4, -0.2) is 21.1 Å². The Bertz CT molecular complexity index is 780. The molecule has 0 bridgehead atoms. The topological polar surface area (TPSA) is 70.7 Å². The highest BCUT2D eigenvalue weighted by molar-refractivity contribution is 5.89. The van der Waals surface area contributed by atoms with Gasteiger partial charge >= 0.3 is 0 Å². The van der Waals surface area contributed by atoms with E-state index in [0.29, 0.717) is 12.2 Å². The number of aromatic nitrogens is 3. The number of hydrogen-bond acceptors (Lipinski definition) is 3. The third-order valence-electron chi connectivity index (χ3n) is 3.19. The van der Waals surface area contributed by atoms with E-state index in [9.17, 15) is 4.79 Å². The van der Waals surface area contributed by atoms with Crippen molar-refractivity contribution in [2.45, 2.75) is 13.3 Å². The van der Waals surface area contributed by atoms with E-state index in [-0.39, 0.29) is 5.91 Å². The quantitative estimate of drug-likeness (QED) is 0.776. The number of hydrogen-bond donors (Lipinski definition) is 2. The maximum absolute atomic E-state index is 11.1. The second kappa shape index (κ2) is 6.22. The molecule has 1 heterocycles. The minimum absolute atomic E-state index is 0.100. The van der Waals surface area contributed by atoms with E-state index in [0.717, 1.165) is 17.1 Å². The highest BCUT2D eigenvalue weighted by atomic mass is 16.1. The molecule has 5 nitrogen and oxygen atoms in total. The summed E-state index contributed by atoms with van der Waals surface area (Å²) < 4.78 is 0. The SMILES string of the molecule is CC(=O)Nc1cccc(-c2n[nH]c(Cc3ccccc3)n2)c1. The maximum atomic E-state index is 11.1. The Morgan fingerprint density at radius 2 is 1.95 bits per heavy atom. The number of carbonyl (C=O) groups is 1. The molecule has 0 atom stereocenters. The van der Waals surface area contributed by atoms with Gasteiger partial charge in [0, 0.05) is 24.6 Å². The van der Waals surface area contributed by atoms with Crippen LogP contribution in [0.5, 0.6) is 0 Å². The first-order chi connectivity index (χ1) is 10.7. The summed E-state index contributed by atoms with van der Waals surface area (Å²) in [5.74, 6) is 1.33. The number of aromatic amines is 1. The lowest BCUT2D eigenvalue weighted by molar-refractivity contribution is -0.114. The molecule has 2 N–H and O–H groups in total. The summed E-state index contributed by atoms with van der Waals surface area (Å²) in [6, 6.07) is 17.6. The van der Waals surface area contributed by atoms with E-state index < -0.39 is 0 Å². The summed E-state index contributed by atoms with van der Waals surface area (Å²) in [5.41, 5.74) is 2.78. The monoisotopic (exact) mass is 292 g/mol. The fourth-order valence-corrected chi connectivity index (χ4v) is 2.23. The third-order valence-corrected chi connectivity index (χ3v) is 3.19. The van der Waals surface area contributed by atoms with Crippen LogP contribution < -0.4 is 5.32 Å². The minimum Gasteiger partial charge on any atom is -0.326 e. The third kappa shape index (κ3) is 3.38. The largest absolute Gasteiger partial charge is 0.326 e. The van der Waals surface area contributed by atoms with Crippen LogP contribution in [-0.2, 0) is 11.2 Å². The predicted octanol–water partition coefficient (Wildman–Crippen LogP) is 3.02. The number of carbonyl (C=O) groups excluding carboxylic acids is 1. The Labute approximate surface area is 128 Å². The van der Waals surface area contributed by atoms with Gasteiger partial charge in [0.05, 0.1) is 0 Å². The van der Waals surface area contributed by atoms with Crippen molar-refractivity contribution in [1.29, 1.82) is 0 Å². The molecule has 0 radical (unpaired) electrons. The van der Waals surface area contributed by atoms with Crippen molar-refractivity contribution < 1.29 is 4.79 Å². The number of nitrogens with zero attached hydrogens (tertiary/aromatic N) is 2. The molecule has 2 aromatic carbocycles. The molecule has 110 valence electrons. The zero-order chi connectivity index (χ0) is 15.4. The van der Waals surface area contributed by atoms with Crippen LogP contribution in [0.3, 0.4) is 0 Å². The van der Waals surface area contributed by atoms with Crippen LogP contribution in [0.4, 0.5) is 5.69 Å². The summed E-state index contributed by atoms with van der Waals surface area (Å²) in [4.78, 5) is 15.6. The van der Waals surface area contributed by atoms with Crippen molar-refractivity contribution >= 4 is 11.6 Å². The number of H-pyrrole nitrogens is 1. The van der Waals surface area contributed by atoms with Gasteiger partial charge in [0.25, 0.3) is 0 Å². The molecule has 3 rings (SSSR count). The summed E-state index contributed by atoms with van der Waals surface area (Å²) in [6.45, 7) is 1.48. The molecule has 0 saturated heterocycles. The Kier molecular flexibility index (Phi) is 3.96. The highest BCUT2D eigenvalue weighted by Crippen LogP contribution is 2.19. The van der Waals surface area contributed by atoms with Gasteiger partial charge in [-0.3, -0.25) is 9.89 Å². The Balaban J connectivity index is 1.80. The van der Waals surface area contributed by atoms with Gasteiger partial charge in [0.15, 0.2) is 5.82 Å². The molecular weight excluding hydrogens is 276 g/mol. The van der Waals surface area contributed by atoms with Gasteiger partial charge in [-0.05, 0) is 17.7 Å². The molecular formula is C17H16N4O. The van der Waals surface area contributed by atoms with Gasteiger partial charge in [0.1, 0.15) is 5.82 Å². The van der Waals surface area contributed by atoms with E-state index in [2.05, 4.69) is 32.6 Å². The number of nitrogens with one attached hydrogen (secondary N) is 2. The fraction of sp³-hybridized carbons (Fsp3) is 0.118. The lowest BCUT2D eigenvalue weighted by atomic mass is 10.1. The molecule has 0 aliphatic heterocycles. The Hall–Kier alpha value is -2.95. The van der Waals surface area contributed by atoms with Gasteiger partial charge < -0.3 is 5.32 Å². The highest BCUT2D eigenvalue weighted by Gasteiger charge is 2.07. The summed E-state index contributed by atoms with van der Waals surface area (Å²) in [6.07, 6.45) is 0.708. The van der Waals surface area contributed by atoms with Crippen molar-refractivity contribution in [1.82, 2.24) is 15.2 Å². The van der Waals surface area contributed by atoms with Crippen LogP contribution >= 0.6 is 0 Å². The van der Waals surface area contributed by atoms with Crippen LogP contribution in [0.15, 0.2) is 54.6 Å². The average molecular weight is 292 g/mol. The molecule has 0 aliphatic carbocycles. The zero-order valence-corrected chi connectivity index (χ0v) is 12.2. The van der Waals surface area contributed by atoms with Crippen LogP contribution in [0.25, 0.3) is 11.4 Å². The van der Waals surface area contributed by atoms with Crippen molar-refractivity contribution in [3.05, 3.63) is 66.0 Å². The molecule has 1 amide bonds. The molecule has 0 unspecified atom stereocenters. The van der Waals surface area contributed by atoms with E-state index in [1.54, 1.807) is 0 Å². The van der Waals surface area contributed by atoms with Gasteiger partial charge in [-0.25, -0.2) is 4.98 Å². The molecule has 3 aromatic rings. The van der Waals surface area contributed by atoms with Gasteiger partial charge in [0.2, 0.25) is 5.91 Å². The van der Waals surface area contributed by atoms with Crippen LogP contribution in [0, 0.1) is 0 Å². The van der Waals surface area contributed by atoms with Crippen molar-refractivity contribution in [3.63, 3.8) is 0 Å². The minimum atomic E-state index is -0.100. The smallest absolute Gasteiger partial charge is 0.221 e. The second-order valence-corrected chi connectivity index (χ2v) is 5.03. The second-order valence-electron chi connectivity index (χ2n) is 5.03. The lowest BCUT2D eigenvalue weighted by Crippen LogP contribution is -2.05. The zero-order valence-electron chi connectivity index (χ0n) is 12.2. The average Bonchev–Trinajstić information content (AvgIpc) is 2.96. The lowest BCUT2D eigenvalue weighted by Gasteiger charge is -2.02. The molecule has 0 saturated carbocycles. The number of amides is 1. The van der Waals surface area contributed by atoms with Crippen molar-refractivity contribution in [3.8, 4) is 11.4 Å². The molecule has 5 heteroatoms. The van der Waals surface area contributed by atoms with Crippen molar-refractivity contribution in [2.24, 2.45) is 0 Å². The van der Waals surface area contributed by atoms with Gasteiger partial charge in [-0.1, -0.05) is 42.5 Å². The van der Waals surface area contributed by atoms with E-state index in [4.69, 9.17) is 0 Å². The molecule has 0 aliphatic rings. The summed E-state index contributed by atoms with van der Waals surface area (Å²) in [7, 11) is 0. The Morgan fingerprint density at radius 3 is 2.73 bits per heavy atom. The van der Waals surface area contributed by atoms with Crippen LogP contribution in [0.1, 0.15) is 18.3 Å². The summed E-state index contributed by atoms with van der Waals surface area (Å²) >= 11 is 0. The molecule has 0 fully saturated rings. The number of rotatable bonds is 4. The van der Waals surface area contributed by atoms with Crippen molar-refractivity contribution in [2.75, 3.05) is 5.32 Å². The predicted molar refractivity (Wildman–Crippen MR) is 85.4 cm³/mol. The normalized spacial score (nSPS) is 10.4. The standard InChI is InChI=1S/C17H16N4O/c1-12(22)18-15-9-5-8-14(11-15)17-19-16(20-21-17)10-13-6-3-2-4-7-13/h2-9,11H,10H2,1H3,(H,18,22)(H,19,20,21). The first-order valence-electron chi connectivity index (χ1n) is 7.04. The van der Waals surface area contributed by atoms with Gasteiger partial charge in [-0.15, -0.1) is 0 Å². The van der Waals surface area contributed by atoms with E-state index in [1.165, 1.54) is 12.5 Å². The first-order valence-corrected chi connectivity index (χ1v) is 7.04. The number of anilines is 1.